The molecule has 2 unspecified atom stereocenters. The zero-order chi connectivity index (χ0) is 20.6. The summed E-state index contributed by atoms with van der Waals surface area (Å²) in [5, 5.41) is 18.8. The molecule has 1 fully saturated rings. The number of ether oxygens (including phenoxy) is 3. The summed E-state index contributed by atoms with van der Waals surface area (Å²) < 4.78 is 16.2. The lowest BCUT2D eigenvalue weighted by molar-refractivity contribution is 0.0299. The molecular weight excluding hydrogens is 394 g/mol. The predicted octanol–water partition coefficient (Wildman–Crippen LogP) is 3.98. The number of hydrogen-bond donors (Lipinski definition) is 0. The van der Waals surface area contributed by atoms with Gasteiger partial charge in [-0.05, 0) is 48.7 Å². The highest BCUT2D eigenvalue weighted by atomic mass is 35.5. The minimum atomic E-state index is -1.95. The summed E-state index contributed by atoms with van der Waals surface area (Å²) in [5.74, 6) is -1.28. The molecule has 1 amide bonds. The quantitative estimate of drug-likeness (QED) is 0.757. The topological polar surface area (TPSA) is 95.6 Å². The van der Waals surface area contributed by atoms with Crippen LogP contribution in [0, 0.1) is 22.7 Å². The molecule has 0 radical (unpaired) electrons. The van der Waals surface area contributed by atoms with Crippen molar-refractivity contribution in [2.24, 2.45) is 0 Å². The fraction of sp³-hybridized carbons (Fsp3) is 0.286. The lowest BCUT2D eigenvalue weighted by atomic mass is 10.0. The van der Waals surface area contributed by atoms with Gasteiger partial charge in [-0.25, -0.2) is 4.79 Å². The van der Waals surface area contributed by atoms with Crippen molar-refractivity contribution in [3.05, 3.63) is 58.6 Å². The van der Waals surface area contributed by atoms with Crippen LogP contribution in [0.2, 0.25) is 5.02 Å². The summed E-state index contributed by atoms with van der Waals surface area (Å²) in [6.45, 7) is 2.36. The van der Waals surface area contributed by atoms with Gasteiger partial charge >= 0.3 is 11.9 Å². The summed E-state index contributed by atoms with van der Waals surface area (Å²) in [6, 6.07) is 15.8. The highest BCUT2D eigenvalue weighted by Crippen LogP contribution is 2.40. The molecule has 0 aliphatic carbocycles. The van der Waals surface area contributed by atoms with Gasteiger partial charge in [-0.15, -0.1) is 0 Å². The predicted molar refractivity (Wildman–Crippen MR) is 102 cm³/mol. The third-order valence-electron chi connectivity index (χ3n) is 4.93. The first-order valence-corrected chi connectivity index (χ1v) is 9.37. The van der Waals surface area contributed by atoms with E-state index in [1.165, 1.54) is 0 Å². The van der Waals surface area contributed by atoms with Crippen LogP contribution in [0.15, 0.2) is 42.5 Å². The van der Waals surface area contributed by atoms with E-state index in [0.29, 0.717) is 29.5 Å². The number of halogens is 1. The second-order valence-electron chi connectivity index (χ2n) is 6.96. The minimum absolute atomic E-state index is 0.135. The first-order valence-electron chi connectivity index (χ1n) is 8.99. The van der Waals surface area contributed by atoms with Crippen molar-refractivity contribution in [3.63, 3.8) is 0 Å². The maximum atomic E-state index is 12.4. The zero-order valence-electron chi connectivity index (χ0n) is 15.5. The molecule has 8 heteroatoms. The van der Waals surface area contributed by atoms with E-state index in [1.54, 1.807) is 41.3 Å². The van der Waals surface area contributed by atoms with E-state index in [1.807, 2.05) is 25.1 Å². The molecule has 2 atom stereocenters. The van der Waals surface area contributed by atoms with Crippen molar-refractivity contribution in [1.29, 1.82) is 10.5 Å². The molecule has 2 aliphatic heterocycles. The van der Waals surface area contributed by atoms with Crippen LogP contribution in [0.3, 0.4) is 0 Å². The number of amides is 1. The Kier molecular flexibility index (Phi) is 4.70. The van der Waals surface area contributed by atoms with E-state index in [4.69, 9.17) is 36.3 Å². The molecule has 2 heterocycles. The molecule has 0 spiro atoms. The molecule has 7 nitrogen and oxygen atoms in total. The van der Waals surface area contributed by atoms with Crippen molar-refractivity contribution >= 4 is 17.7 Å². The van der Waals surface area contributed by atoms with Gasteiger partial charge in [0.15, 0.2) is 23.6 Å². The van der Waals surface area contributed by atoms with Crippen molar-refractivity contribution < 1.29 is 19.0 Å². The number of hydrogen-bond acceptors (Lipinski definition) is 6. The smallest absolute Gasteiger partial charge is 0.436 e. The van der Waals surface area contributed by atoms with Gasteiger partial charge < -0.3 is 19.1 Å². The van der Waals surface area contributed by atoms with Crippen LogP contribution in [-0.2, 0) is 11.2 Å². The van der Waals surface area contributed by atoms with E-state index < -0.39 is 5.79 Å². The molecule has 0 bridgehead atoms. The molecule has 1 saturated heterocycles. The van der Waals surface area contributed by atoms with Crippen LogP contribution in [0.5, 0.6) is 11.5 Å². The van der Waals surface area contributed by atoms with Gasteiger partial charge in [0.2, 0.25) is 0 Å². The first kappa shape index (κ1) is 18.9. The van der Waals surface area contributed by atoms with E-state index in [0.717, 1.165) is 11.1 Å². The summed E-state index contributed by atoms with van der Waals surface area (Å²) in [5.41, 5.74) is 1.73. The second-order valence-corrected chi connectivity index (χ2v) is 7.39. The van der Waals surface area contributed by atoms with Gasteiger partial charge in [0.1, 0.15) is 6.10 Å². The summed E-state index contributed by atoms with van der Waals surface area (Å²) >= 11 is 6.04. The van der Waals surface area contributed by atoms with Crippen molar-refractivity contribution in [1.82, 2.24) is 4.90 Å². The van der Waals surface area contributed by atoms with Crippen LogP contribution in [0.4, 0.5) is 4.79 Å². The van der Waals surface area contributed by atoms with E-state index >= 15 is 0 Å². The van der Waals surface area contributed by atoms with E-state index in [9.17, 15) is 4.79 Å². The molecule has 0 N–H and O–H groups in total. The summed E-state index contributed by atoms with van der Waals surface area (Å²) in [4.78, 5) is 14.1. The molecule has 4 rings (SSSR count). The Morgan fingerprint density at radius 2 is 1.97 bits per heavy atom. The fourth-order valence-corrected chi connectivity index (χ4v) is 3.66. The number of nitrogens with zero attached hydrogens (tertiary/aromatic N) is 3. The van der Waals surface area contributed by atoms with E-state index in [2.05, 4.69) is 0 Å². The number of carbonyl (C=O) groups is 1. The van der Waals surface area contributed by atoms with Crippen LogP contribution in [-0.4, -0.2) is 29.4 Å². The Hall–Kier alpha value is -3.42. The van der Waals surface area contributed by atoms with Gasteiger partial charge in [0.05, 0.1) is 6.54 Å². The second kappa shape index (κ2) is 7.20. The molecule has 2 aromatic rings. The highest BCUT2D eigenvalue weighted by Gasteiger charge is 2.43. The number of cyclic esters (lactones) is 1. The monoisotopic (exact) mass is 409 g/mol. The maximum Gasteiger partial charge on any atom is 0.436 e. The molecule has 0 aromatic heterocycles. The molecule has 146 valence electrons. The molecule has 29 heavy (non-hydrogen) atoms. The lowest BCUT2D eigenvalue weighted by Gasteiger charge is -2.22. The normalized spacial score (nSPS) is 19.9. The highest BCUT2D eigenvalue weighted by molar-refractivity contribution is 6.30. The van der Waals surface area contributed by atoms with Gasteiger partial charge in [0.25, 0.3) is 0 Å². The number of benzene rings is 2. The largest absolute Gasteiger partial charge is 0.439 e. The van der Waals surface area contributed by atoms with Gasteiger partial charge in [-0.1, -0.05) is 29.8 Å². The zero-order valence-corrected chi connectivity index (χ0v) is 16.2. The molecule has 2 aliphatic rings. The standard InChI is InChI=1S/C21H16ClN3O4/c1-13(25-10-19(27-20(25)26)15-3-2-4-16(22)9-15)7-14-5-6-17-18(8-14)29-21(11-23,12-24)28-17/h2-6,8-9,13,19H,7,10H2,1H3. The Bertz CT molecular complexity index is 1040. The third kappa shape index (κ3) is 3.53. The van der Waals surface area contributed by atoms with Gasteiger partial charge in [-0.3, -0.25) is 0 Å². The number of fused-ring (bicyclic) bond motifs is 1. The Labute approximate surface area is 172 Å². The molecule has 2 aromatic carbocycles. The van der Waals surface area contributed by atoms with Crippen LogP contribution in [0.1, 0.15) is 24.2 Å². The molecular formula is C21H16ClN3O4. The Balaban J connectivity index is 1.46. The number of rotatable bonds is 4. The Morgan fingerprint density at radius 3 is 2.69 bits per heavy atom. The van der Waals surface area contributed by atoms with Crippen molar-refractivity contribution in [2.45, 2.75) is 31.3 Å². The van der Waals surface area contributed by atoms with Crippen molar-refractivity contribution in [2.75, 3.05) is 6.54 Å². The SMILES string of the molecule is CC(Cc1ccc2c(c1)OC(C#N)(C#N)O2)N1CC(c2cccc(Cl)c2)OC1=O. The molecule has 0 saturated carbocycles. The van der Waals surface area contributed by atoms with Crippen LogP contribution in [0.25, 0.3) is 0 Å². The average molecular weight is 410 g/mol. The summed E-state index contributed by atoms with van der Waals surface area (Å²) in [6.07, 6.45) is -0.205. The third-order valence-corrected chi connectivity index (χ3v) is 5.17. The van der Waals surface area contributed by atoms with E-state index in [-0.39, 0.29) is 18.2 Å². The van der Waals surface area contributed by atoms with Gasteiger partial charge in [0, 0.05) is 11.1 Å². The maximum absolute atomic E-state index is 12.4. The van der Waals surface area contributed by atoms with Crippen molar-refractivity contribution in [3.8, 4) is 23.6 Å². The first-order chi connectivity index (χ1) is 13.9. The number of nitriles is 2. The Morgan fingerprint density at radius 1 is 1.21 bits per heavy atom. The fourth-order valence-electron chi connectivity index (χ4n) is 3.46. The van der Waals surface area contributed by atoms with Gasteiger partial charge in [-0.2, -0.15) is 10.5 Å². The lowest BCUT2D eigenvalue weighted by Crippen LogP contribution is -2.35. The average Bonchev–Trinajstić information content (AvgIpc) is 3.28. The van der Waals surface area contributed by atoms with Crippen LogP contribution >= 0.6 is 11.6 Å². The summed E-state index contributed by atoms with van der Waals surface area (Å²) in [7, 11) is 0. The minimum Gasteiger partial charge on any atom is -0.439 e. The number of carbonyl (C=O) groups excluding carboxylic acids is 1. The van der Waals surface area contributed by atoms with Crippen LogP contribution < -0.4 is 9.47 Å².